The first-order valence-electron chi connectivity index (χ1n) is 4.26. The first kappa shape index (κ1) is 11.1. The second kappa shape index (κ2) is 4.66. The first-order valence-corrected chi connectivity index (χ1v) is 6.24. The van der Waals surface area contributed by atoms with Gasteiger partial charge in [0.2, 0.25) is 0 Å². The molecule has 0 unspecified atom stereocenters. The van der Waals surface area contributed by atoms with Crippen LogP contribution in [-0.2, 0) is 6.42 Å². The van der Waals surface area contributed by atoms with Crippen LogP contribution in [0.1, 0.15) is 10.4 Å². The molecule has 0 saturated carbocycles. The highest BCUT2D eigenvalue weighted by atomic mass is 35.5. The third-order valence-electron chi connectivity index (χ3n) is 1.94. The lowest BCUT2D eigenvalue weighted by molar-refractivity contribution is 1.22. The summed E-state index contributed by atoms with van der Waals surface area (Å²) in [6, 6.07) is 5.66. The number of aromatic nitrogens is 1. The van der Waals surface area contributed by atoms with E-state index in [4.69, 9.17) is 35.4 Å². The smallest absolute Gasteiger partial charge is 0.158 e. The maximum absolute atomic E-state index is 5.93. The van der Waals surface area contributed by atoms with Crippen LogP contribution < -0.4 is 0 Å². The molecule has 0 saturated heterocycles. The molecule has 2 rings (SSSR count). The van der Waals surface area contributed by atoms with Crippen LogP contribution in [0.3, 0.4) is 0 Å². The molecular weight excluding hydrogens is 269 g/mol. The predicted octanol–water partition coefficient (Wildman–Crippen LogP) is 4.70. The average Bonchev–Trinajstić information content (AvgIpc) is 2.58. The Kier molecular flexibility index (Phi) is 3.46. The predicted molar refractivity (Wildman–Crippen MR) is 68.8 cm³/mol. The van der Waals surface area contributed by atoms with E-state index in [2.05, 4.69) is 4.98 Å². The van der Waals surface area contributed by atoms with Crippen molar-refractivity contribution < 1.29 is 0 Å². The SMILES string of the molecule is S=c1[nH]cc(Cc2ccc(Cl)c(Cl)c2)s1. The van der Waals surface area contributed by atoms with Gasteiger partial charge in [-0.1, -0.05) is 29.3 Å². The van der Waals surface area contributed by atoms with Gasteiger partial charge in [-0.15, -0.1) is 11.3 Å². The molecule has 2 aromatic rings. The quantitative estimate of drug-likeness (QED) is 0.786. The zero-order valence-corrected chi connectivity index (χ0v) is 10.7. The molecule has 78 valence electrons. The standard InChI is InChI=1S/C10H7Cl2NS2/c11-8-2-1-6(4-9(8)12)3-7-5-13-10(14)15-7/h1-2,4-5H,3H2,(H,13,14). The summed E-state index contributed by atoms with van der Waals surface area (Å²) in [4.78, 5) is 4.18. The minimum atomic E-state index is 0.585. The molecule has 0 radical (unpaired) electrons. The van der Waals surface area contributed by atoms with Crippen molar-refractivity contribution >= 4 is 46.8 Å². The molecule has 0 fully saturated rings. The number of benzene rings is 1. The second-order valence-corrected chi connectivity index (χ2v) is 5.69. The van der Waals surface area contributed by atoms with Crippen LogP contribution >= 0.6 is 46.8 Å². The molecule has 1 N–H and O–H groups in total. The molecule has 0 aliphatic carbocycles. The summed E-state index contributed by atoms with van der Waals surface area (Å²) in [6.45, 7) is 0. The normalized spacial score (nSPS) is 10.5. The highest BCUT2D eigenvalue weighted by molar-refractivity contribution is 7.73. The Bertz CT molecular complexity index is 530. The van der Waals surface area contributed by atoms with E-state index in [1.807, 2.05) is 24.4 Å². The number of aromatic amines is 1. The van der Waals surface area contributed by atoms with Crippen LogP contribution in [0.4, 0.5) is 0 Å². The molecule has 0 aliphatic rings. The highest BCUT2D eigenvalue weighted by Gasteiger charge is 2.02. The molecule has 5 heteroatoms. The van der Waals surface area contributed by atoms with E-state index >= 15 is 0 Å². The van der Waals surface area contributed by atoms with E-state index in [0.717, 1.165) is 15.9 Å². The fraction of sp³-hybridized carbons (Fsp3) is 0.100. The molecule has 0 bridgehead atoms. The molecule has 1 heterocycles. The molecule has 0 atom stereocenters. The molecule has 15 heavy (non-hydrogen) atoms. The van der Waals surface area contributed by atoms with E-state index in [1.165, 1.54) is 4.88 Å². The Labute approximate surface area is 107 Å². The van der Waals surface area contributed by atoms with Crippen molar-refractivity contribution in [2.75, 3.05) is 0 Å². The minimum absolute atomic E-state index is 0.585. The van der Waals surface area contributed by atoms with E-state index in [9.17, 15) is 0 Å². The van der Waals surface area contributed by atoms with Crippen molar-refractivity contribution in [3.8, 4) is 0 Å². The summed E-state index contributed by atoms with van der Waals surface area (Å²) in [5.41, 5.74) is 1.13. The molecule has 1 aromatic heterocycles. The Hall–Kier alpha value is -0.350. The van der Waals surface area contributed by atoms with Crippen molar-refractivity contribution in [2.45, 2.75) is 6.42 Å². The van der Waals surface area contributed by atoms with Crippen molar-refractivity contribution in [1.82, 2.24) is 4.98 Å². The van der Waals surface area contributed by atoms with Gasteiger partial charge in [0.15, 0.2) is 3.95 Å². The number of rotatable bonds is 2. The van der Waals surface area contributed by atoms with E-state index in [1.54, 1.807) is 11.3 Å². The Morgan fingerprint density at radius 2 is 2.07 bits per heavy atom. The number of H-pyrrole nitrogens is 1. The number of hydrogen-bond donors (Lipinski definition) is 1. The Morgan fingerprint density at radius 1 is 1.27 bits per heavy atom. The number of halogens is 2. The summed E-state index contributed by atoms with van der Waals surface area (Å²) in [7, 11) is 0. The van der Waals surface area contributed by atoms with Crippen molar-refractivity contribution in [2.24, 2.45) is 0 Å². The van der Waals surface area contributed by atoms with Gasteiger partial charge in [0.25, 0.3) is 0 Å². The zero-order chi connectivity index (χ0) is 10.8. The maximum Gasteiger partial charge on any atom is 0.158 e. The Balaban J connectivity index is 2.24. The third-order valence-corrected chi connectivity index (χ3v) is 3.87. The summed E-state index contributed by atoms with van der Waals surface area (Å²) in [6.07, 6.45) is 2.75. The van der Waals surface area contributed by atoms with E-state index in [-0.39, 0.29) is 0 Å². The summed E-state index contributed by atoms with van der Waals surface area (Å²) < 4.78 is 0.796. The molecule has 1 aromatic carbocycles. The highest BCUT2D eigenvalue weighted by Crippen LogP contribution is 2.24. The summed E-state index contributed by atoms with van der Waals surface area (Å²) in [5, 5.41) is 1.18. The summed E-state index contributed by atoms with van der Waals surface area (Å²) >= 11 is 18.4. The molecular formula is C10H7Cl2NS2. The van der Waals surface area contributed by atoms with Gasteiger partial charge in [0.05, 0.1) is 10.0 Å². The molecule has 0 amide bonds. The van der Waals surface area contributed by atoms with Crippen molar-refractivity contribution in [3.63, 3.8) is 0 Å². The number of hydrogen-bond acceptors (Lipinski definition) is 2. The van der Waals surface area contributed by atoms with E-state index in [0.29, 0.717) is 10.0 Å². The maximum atomic E-state index is 5.93. The van der Waals surface area contributed by atoms with Crippen LogP contribution in [0.15, 0.2) is 24.4 Å². The van der Waals surface area contributed by atoms with Crippen molar-refractivity contribution in [1.29, 1.82) is 0 Å². The lowest BCUT2D eigenvalue weighted by Crippen LogP contribution is -1.84. The average molecular weight is 276 g/mol. The molecule has 1 nitrogen and oxygen atoms in total. The second-order valence-electron chi connectivity index (χ2n) is 3.07. The lowest BCUT2D eigenvalue weighted by Gasteiger charge is -2.00. The van der Waals surface area contributed by atoms with Crippen molar-refractivity contribution in [3.05, 3.63) is 48.8 Å². The monoisotopic (exact) mass is 275 g/mol. The van der Waals surface area contributed by atoms with Gasteiger partial charge < -0.3 is 4.98 Å². The Morgan fingerprint density at radius 3 is 2.67 bits per heavy atom. The van der Waals surface area contributed by atoms with Gasteiger partial charge in [-0.25, -0.2) is 0 Å². The van der Waals surface area contributed by atoms with Gasteiger partial charge in [-0.05, 0) is 29.9 Å². The number of thiazole rings is 1. The van der Waals surface area contributed by atoms with Gasteiger partial charge >= 0.3 is 0 Å². The van der Waals surface area contributed by atoms with Crippen LogP contribution in [0.25, 0.3) is 0 Å². The van der Waals surface area contributed by atoms with E-state index < -0.39 is 0 Å². The number of nitrogens with one attached hydrogen (secondary N) is 1. The lowest BCUT2D eigenvalue weighted by atomic mass is 10.1. The van der Waals surface area contributed by atoms with Crippen LogP contribution in [-0.4, -0.2) is 4.98 Å². The largest absolute Gasteiger partial charge is 0.343 e. The fourth-order valence-corrected chi connectivity index (χ4v) is 2.67. The van der Waals surface area contributed by atoms with Crippen LogP contribution in [0.2, 0.25) is 10.0 Å². The van der Waals surface area contributed by atoms with Crippen LogP contribution in [0, 0.1) is 3.95 Å². The first-order chi connectivity index (χ1) is 7.15. The molecule has 0 aliphatic heterocycles. The topological polar surface area (TPSA) is 15.8 Å². The summed E-state index contributed by atoms with van der Waals surface area (Å²) in [5.74, 6) is 0. The van der Waals surface area contributed by atoms with Crippen LogP contribution in [0.5, 0.6) is 0 Å². The zero-order valence-electron chi connectivity index (χ0n) is 7.59. The van der Waals surface area contributed by atoms with Gasteiger partial charge in [0, 0.05) is 17.5 Å². The van der Waals surface area contributed by atoms with Gasteiger partial charge in [-0.2, -0.15) is 0 Å². The van der Waals surface area contributed by atoms with Gasteiger partial charge in [0.1, 0.15) is 0 Å². The third kappa shape index (κ3) is 2.82. The van der Waals surface area contributed by atoms with Gasteiger partial charge in [-0.3, -0.25) is 0 Å². The minimum Gasteiger partial charge on any atom is -0.343 e. The fourth-order valence-electron chi connectivity index (χ4n) is 1.26. The molecule has 0 spiro atoms.